The number of benzene rings is 1. The molecule has 0 aliphatic carbocycles. The van der Waals surface area contributed by atoms with Crippen LogP contribution in [0.25, 0.3) is 10.9 Å². The third-order valence-corrected chi connectivity index (χ3v) is 20.5. The van der Waals surface area contributed by atoms with E-state index in [0.717, 1.165) is 0 Å². The monoisotopic (exact) mass is 1770 g/mol. The predicted molar refractivity (Wildman–Crippen MR) is 455 cm³/mol. The van der Waals surface area contributed by atoms with Crippen LogP contribution in [0.5, 0.6) is 0 Å². The number of H-pyrrole nitrogens is 2. The van der Waals surface area contributed by atoms with Crippen molar-refractivity contribution in [3.63, 3.8) is 0 Å². The first-order chi connectivity index (χ1) is 59.2. The number of aliphatic hydroxyl groups excluding tert-OH is 3. The van der Waals surface area contributed by atoms with E-state index in [4.69, 9.17) is 40.1 Å². The molecule has 0 spiro atoms. The number of carbonyl (C=O) groups is 17. The molecule has 0 saturated carbocycles. The molecule has 0 radical (unpaired) electrons. The van der Waals surface area contributed by atoms with E-state index in [1.807, 2.05) is 0 Å². The van der Waals surface area contributed by atoms with Crippen molar-refractivity contribution in [2.24, 2.45) is 68.8 Å². The number of nitrogens with two attached hydrogens (primary N) is 7. The van der Waals surface area contributed by atoms with Crippen LogP contribution in [0.15, 0.2) is 48.0 Å². The zero-order valence-corrected chi connectivity index (χ0v) is 72.1. The minimum Gasteiger partial charge on any atom is -0.480 e. The number of hydrogen-bond donors (Lipinski definition) is 27. The number of hydrogen-bond acceptors (Lipinski definition) is 25. The normalized spacial score (nSPS) is 15.1. The molecule has 34 N–H and O–H groups in total. The van der Waals surface area contributed by atoms with Crippen LogP contribution in [-0.2, 0) is 94.3 Å². The quantitative estimate of drug-likeness (QED) is 0.0142. The van der Waals surface area contributed by atoms with E-state index in [1.165, 1.54) is 12.5 Å². The van der Waals surface area contributed by atoms with Crippen molar-refractivity contribution in [3.8, 4) is 0 Å². The van der Waals surface area contributed by atoms with Crippen molar-refractivity contribution in [2.45, 2.75) is 249 Å². The van der Waals surface area contributed by atoms with Crippen molar-refractivity contribution in [1.29, 1.82) is 0 Å². The van der Waals surface area contributed by atoms with Crippen molar-refractivity contribution >= 4 is 117 Å². The maximum absolute atomic E-state index is 14.6. The lowest BCUT2D eigenvalue weighted by Gasteiger charge is -2.29. The topological polar surface area (TPSA) is 778 Å². The first-order valence-electron chi connectivity index (χ1n) is 41.7. The van der Waals surface area contributed by atoms with Gasteiger partial charge >= 0.3 is 5.97 Å². The summed E-state index contributed by atoms with van der Waals surface area (Å²) in [4.78, 5) is 247. The van der Waals surface area contributed by atoms with Crippen molar-refractivity contribution in [1.82, 2.24) is 89.4 Å². The van der Waals surface area contributed by atoms with E-state index in [2.05, 4.69) is 94.4 Å². The largest absolute Gasteiger partial charge is 0.480 e. The molecule has 0 unspecified atom stereocenters. The summed E-state index contributed by atoms with van der Waals surface area (Å²) in [6, 6.07) is -14.6. The molecule has 0 saturated heterocycles. The highest BCUT2D eigenvalue weighted by Crippen LogP contribution is 2.21. The SMILES string of the molecule is CC[C@H](C)[C@H](NC(=O)CNC(=O)[C@@H](NC(=O)[C@H](CO)NC(=O)[C@H](CCC(N)=O)NC(=O)[C@H](CC(C)C)NC(=O)[C@H](CCCCN)NC(=O)[C@H](CO)NC(=O)[C@H](Cc1c[nH]c2ccccc12)NC(=O)[C@@H](NC(=O)[C@H](CO)NC(=O)[C@@H](N)CCCCN)C(C)C)[C@@H](C)CC)C(=O)N[C@@H](CCCN=C(N)N)C(=O)N[C@@H](CCC(N)=O)C(=O)N[C@@H](Cc1cnc[nH]1)C(=O)O. The molecule has 0 bridgehead atoms. The van der Waals surface area contributed by atoms with E-state index < -0.39 is 261 Å². The predicted octanol–water partition coefficient (Wildman–Crippen LogP) is -7.88. The molecule has 46 heteroatoms. The number of rotatable bonds is 61. The molecule has 0 fully saturated rings. The fraction of sp³-hybridized carbons (Fsp3) is 0.633. The second-order valence-corrected chi connectivity index (χ2v) is 31.4. The van der Waals surface area contributed by atoms with Gasteiger partial charge in [0.15, 0.2) is 5.96 Å². The number of nitrogens with one attached hydrogen (secondary N) is 16. The van der Waals surface area contributed by atoms with E-state index in [-0.39, 0.29) is 83.3 Å². The summed E-state index contributed by atoms with van der Waals surface area (Å²) in [5.41, 5.74) is 40.8. The Kier molecular flexibility index (Phi) is 48.0. The first-order valence-corrected chi connectivity index (χ1v) is 41.7. The van der Waals surface area contributed by atoms with Gasteiger partial charge in [0.2, 0.25) is 94.5 Å². The molecule has 125 heavy (non-hydrogen) atoms. The van der Waals surface area contributed by atoms with Gasteiger partial charge in [0.05, 0.1) is 38.7 Å². The molecule has 0 aliphatic heterocycles. The minimum absolute atomic E-state index is 0.0467. The lowest BCUT2D eigenvalue weighted by Crippen LogP contribution is -2.62. The Morgan fingerprint density at radius 2 is 0.864 bits per heavy atom. The summed E-state index contributed by atoms with van der Waals surface area (Å²) in [5, 5.41) is 76.9. The molecular formula is C79H131N25O21. The van der Waals surface area contributed by atoms with Gasteiger partial charge in [-0.25, -0.2) is 9.78 Å². The van der Waals surface area contributed by atoms with Crippen LogP contribution in [0.4, 0.5) is 0 Å². The summed E-state index contributed by atoms with van der Waals surface area (Å²) < 4.78 is 0. The number of fused-ring (bicyclic) bond motifs is 1. The number of amides is 16. The van der Waals surface area contributed by atoms with E-state index in [1.54, 1.807) is 85.9 Å². The Labute approximate surface area is 724 Å². The summed E-state index contributed by atoms with van der Waals surface area (Å²) in [6.07, 6.45) is 3.65. The number of guanidine groups is 1. The number of aliphatic imine (C=N–C) groups is 1. The molecule has 3 rings (SSSR count). The van der Waals surface area contributed by atoms with Crippen molar-refractivity contribution in [2.75, 3.05) is 46.0 Å². The van der Waals surface area contributed by atoms with Gasteiger partial charge in [-0.1, -0.05) is 92.9 Å². The Morgan fingerprint density at radius 3 is 1.34 bits per heavy atom. The molecule has 2 heterocycles. The lowest BCUT2D eigenvalue weighted by molar-refractivity contribution is -0.142. The zero-order valence-electron chi connectivity index (χ0n) is 72.1. The van der Waals surface area contributed by atoms with Gasteiger partial charge < -0.3 is 145 Å². The van der Waals surface area contributed by atoms with E-state index >= 15 is 0 Å². The smallest absolute Gasteiger partial charge is 0.326 e. The van der Waals surface area contributed by atoms with Crippen molar-refractivity contribution in [3.05, 3.63) is 54.2 Å². The highest BCUT2D eigenvalue weighted by molar-refractivity contribution is 6.01. The lowest BCUT2D eigenvalue weighted by atomic mass is 9.97. The number of carboxylic acid groups (broad SMARTS) is 1. The fourth-order valence-electron chi connectivity index (χ4n) is 12.8. The fourth-order valence-corrected chi connectivity index (χ4v) is 12.8. The van der Waals surface area contributed by atoms with Gasteiger partial charge in [-0.05, 0) is 113 Å². The number of aliphatic carboxylic acids is 1. The highest BCUT2D eigenvalue weighted by Gasteiger charge is 2.40. The molecule has 698 valence electrons. The number of primary amides is 2. The Morgan fingerprint density at radius 1 is 0.448 bits per heavy atom. The highest BCUT2D eigenvalue weighted by atomic mass is 16.4. The van der Waals surface area contributed by atoms with E-state index in [9.17, 15) is 102 Å². The average Bonchev–Trinajstić information content (AvgIpc) is 1.63. The average molecular weight is 1770 g/mol. The van der Waals surface area contributed by atoms with Gasteiger partial charge in [-0.15, -0.1) is 0 Å². The Hall–Kier alpha value is -12.0. The van der Waals surface area contributed by atoms with Gasteiger partial charge in [-0.2, -0.15) is 0 Å². The van der Waals surface area contributed by atoms with Gasteiger partial charge in [0.25, 0.3) is 0 Å². The number of aliphatic hydroxyl groups is 3. The maximum atomic E-state index is 14.6. The number of nitrogens with zero attached hydrogens (tertiary/aromatic N) is 2. The first kappa shape index (κ1) is 107. The number of aromatic amines is 2. The molecule has 16 amide bonds. The summed E-state index contributed by atoms with van der Waals surface area (Å²) in [5.74, 6) is -20.0. The van der Waals surface area contributed by atoms with Crippen LogP contribution in [0.1, 0.15) is 163 Å². The van der Waals surface area contributed by atoms with Crippen LogP contribution >= 0.6 is 0 Å². The number of aromatic nitrogens is 3. The third-order valence-electron chi connectivity index (χ3n) is 20.5. The van der Waals surface area contributed by atoms with Crippen molar-refractivity contribution < 1.29 is 102 Å². The number of carboxylic acids is 1. The molecule has 46 nitrogen and oxygen atoms in total. The zero-order chi connectivity index (χ0) is 93.7. The van der Waals surface area contributed by atoms with Gasteiger partial charge in [0.1, 0.15) is 78.5 Å². The number of unbranched alkanes of at least 4 members (excludes halogenated alkanes) is 2. The molecule has 16 atom stereocenters. The van der Waals surface area contributed by atoms with Crippen LogP contribution in [0.2, 0.25) is 0 Å². The molecule has 3 aromatic rings. The molecule has 2 aromatic heterocycles. The maximum Gasteiger partial charge on any atom is 0.326 e. The second-order valence-electron chi connectivity index (χ2n) is 31.4. The Bertz CT molecular complexity index is 4090. The van der Waals surface area contributed by atoms with Gasteiger partial charge in [0, 0.05) is 61.2 Å². The molecule has 0 aliphatic rings. The van der Waals surface area contributed by atoms with Crippen LogP contribution in [-0.4, -0.2) is 272 Å². The standard InChI is InChI=1S/C79H131N25O21/c1-9-42(7)63(75(121)90-35-61(110)102-64(43(8)10-2)77(123)95-50(22-17-29-88-79(85)86)66(112)93-51(23-25-59(83)108)68(114)98-55(78(124)125)32-45-34-87-39-91-45)104-74(120)58(38-107)100-69(115)52(24-26-60(84)109)94-70(116)53(30-40(3)4)96-67(113)49(21-14-16-28-81)92-72(118)56(36-105)101-71(117)54(31-44-33-89-48-20-12-11-18-46(44)48)97-76(122)62(41(5)6)103-73(119)57(37-106)99-65(111)47(82)19-13-15-27-80/h11-12,18,20,33-34,39-43,47,49-58,62-64,89,105-107H,9-10,13-17,19,21-32,35-38,80-82H2,1-8H3,(H2,83,108)(H2,84,109)(H,87,91)(H,90,121)(H,92,118)(H,93,112)(H,94,116)(H,95,123)(H,96,113)(H,97,122)(H,98,114)(H,99,111)(H,100,115)(H,101,117)(H,102,110)(H,103,119)(H,104,120)(H,124,125)(H4,85,86,88)/t42-,43-,47-,49-,50-,51-,52-,53-,54-,55-,56-,57-,58-,62-,63-,64-/m0/s1. The minimum atomic E-state index is -1.89. The Balaban J connectivity index is 1.87. The summed E-state index contributed by atoms with van der Waals surface area (Å²) >= 11 is 0. The van der Waals surface area contributed by atoms with Crippen LogP contribution in [0.3, 0.4) is 0 Å². The third kappa shape index (κ3) is 37.9. The van der Waals surface area contributed by atoms with Crippen LogP contribution in [0, 0.1) is 23.7 Å². The number of para-hydroxylation sites is 1. The second kappa shape index (κ2) is 56.0. The summed E-state index contributed by atoms with van der Waals surface area (Å²) in [7, 11) is 0. The number of imidazole rings is 1. The van der Waals surface area contributed by atoms with Crippen LogP contribution < -0.4 is 115 Å². The number of carbonyl (C=O) groups excluding carboxylic acids is 16. The van der Waals surface area contributed by atoms with E-state index in [0.29, 0.717) is 48.0 Å². The summed E-state index contributed by atoms with van der Waals surface area (Å²) in [6.45, 7) is 9.52. The molecule has 1 aromatic carbocycles. The van der Waals surface area contributed by atoms with Gasteiger partial charge in [-0.3, -0.25) is 81.7 Å². The molecular weight excluding hydrogens is 1640 g/mol.